The van der Waals surface area contributed by atoms with Crippen molar-refractivity contribution in [3.05, 3.63) is 41.2 Å². The Morgan fingerprint density at radius 1 is 1.14 bits per heavy atom. The molecule has 1 aromatic carbocycles. The molecule has 0 unspecified atom stereocenters. The van der Waals surface area contributed by atoms with E-state index in [2.05, 4.69) is 50.0 Å². The van der Waals surface area contributed by atoms with Crippen LogP contribution in [0.15, 0.2) is 30.0 Å². The van der Waals surface area contributed by atoms with Gasteiger partial charge in [-0.3, -0.25) is 0 Å². The summed E-state index contributed by atoms with van der Waals surface area (Å²) in [4.78, 5) is 0. The average Bonchev–Trinajstić information content (AvgIpc) is 2.42. The van der Waals surface area contributed by atoms with Gasteiger partial charge in [0.05, 0.1) is 5.76 Å². The highest BCUT2D eigenvalue weighted by Crippen LogP contribution is 2.27. The summed E-state index contributed by atoms with van der Waals surface area (Å²) in [5.41, 5.74) is 2.71. The summed E-state index contributed by atoms with van der Waals surface area (Å²) in [6.45, 7) is 6.66. The van der Waals surface area contributed by atoms with E-state index >= 15 is 0 Å². The summed E-state index contributed by atoms with van der Waals surface area (Å²) in [6.07, 6.45) is 3.15. The molecule has 0 amide bonds. The summed E-state index contributed by atoms with van der Waals surface area (Å²) >= 11 is 0. The molecule has 1 aliphatic carbocycles. The normalized spacial score (nSPS) is 14.9. The fraction of sp³-hybridized carbons (Fsp3) is 0.333. The summed E-state index contributed by atoms with van der Waals surface area (Å²) in [5.74, 6) is 1.14. The first kappa shape index (κ1) is 9.53. The lowest BCUT2D eigenvalue weighted by atomic mass is 10.1. The molecule has 2 heteroatoms. The third kappa shape index (κ3) is 2.07. The van der Waals surface area contributed by atoms with Crippen LogP contribution in [0, 0.1) is 0 Å². The average molecular weight is 204 g/mol. The minimum atomic E-state index is -1.43. The quantitative estimate of drug-likeness (QED) is 0.671. The van der Waals surface area contributed by atoms with E-state index < -0.39 is 8.32 Å². The molecule has 14 heavy (non-hydrogen) atoms. The lowest BCUT2D eigenvalue weighted by Crippen LogP contribution is -2.24. The van der Waals surface area contributed by atoms with Gasteiger partial charge in [0.2, 0.25) is 8.32 Å². The third-order valence-electron chi connectivity index (χ3n) is 2.17. The van der Waals surface area contributed by atoms with Crippen molar-refractivity contribution in [2.24, 2.45) is 0 Å². The van der Waals surface area contributed by atoms with Gasteiger partial charge in [-0.2, -0.15) is 0 Å². The van der Waals surface area contributed by atoms with Gasteiger partial charge in [-0.15, -0.1) is 0 Å². The molecule has 0 aliphatic heterocycles. The molecular formula is C12H16OSi. The van der Waals surface area contributed by atoms with Crippen molar-refractivity contribution in [1.82, 2.24) is 0 Å². The van der Waals surface area contributed by atoms with Crippen LogP contribution in [0.5, 0.6) is 0 Å². The Bertz CT molecular complexity index is 374. The van der Waals surface area contributed by atoms with Gasteiger partial charge in [-0.1, -0.05) is 24.3 Å². The van der Waals surface area contributed by atoms with Gasteiger partial charge in [0.1, 0.15) is 0 Å². The minimum absolute atomic E-state index is 0.973. The second-order valence-corrected chi connectivity index (χ2v) is 9.13. The zero-order chi connectivity index (χ0) is 10.2. The molecule has 0 N–H and O–H groups in total. The monoisotopic (exact) mass is 204 g/mol. The minimum Gasteiger partial charge on any atom is -0.547 e. The lowest BCUT2D eigenvalue weighted by Gasteiger charge is -2.19. The van der Waals surface area contributed by atoms with Crippen LogP contribution in [-0.2, 0) is 10.8 Å². The zero-order valence-corrected chi connectivity index (χ0v) is 10.0. The van der Waals surface area contributed by atoms with Crippen molar-refractivity contribution >= 4 is 14.4 Å². The Morgan fingerprint density at radius 3 is 2.50 bits per heavy atom. The highest BCUT2D eigenvalue weighted by Gasteiger charge is 2.21. The van der Waals surface area contributed by atoms with Gasteiger partial charge in [-0.25, -0.2) is 0 Å². The number of hydrogen-bond donors (Lipinski definition) is 0. The number of allylic oxidation sites excluding steroid dienone is 1. The highest BCUT2D eigenvalue weighted by molar-refractivity contribution is 6.70. The molecule has 2 rings (SSSR count). The first-order chi connectivity index (χ1) is 6.54. The summed E-state index contributed by atoms with van der Waals surface area (Å²) in [5, 5.41) is 0. The Labute approximate surface area is 86.5 Å². The van der Waals surface area contributed by atoms with Gasteiger partial charge < -0.3 is 4.43 Å². The Morgan fingerprint density at radius 2 is 1.86 bits per heavy atom. The van der Waals surface area contributed by atoms with Gasteiger partial charge in [0, 0.05) is 6.42 Å². The standard InChI is InChI=1S/C12H16OSi/c1-14(2,3)13-12-8-10-6-4-5-7-11(10)9-12/h4-8H,9H2,1-3H3. The smallest absolute Gasteiger partial charge is 0.241 e. The van der Waals surface area contributed by atoms with Crippen LogP contribution in [0.1, 0.15) is 11.1 Å². The summed E-state index contributed by atoms with van der Waals surface area (Å²) < 4.78 is 5.98. The number of fused-ring (bicyclic) bond motifs is 1. The Kier molecular flexibility index (Phi) is 2.23. The van der Waals surface area contributed by atoms with E-state index in [9.17, 15) is 0 Å². The van der Waals surface area contributed by atoms with Gasteiger partial charge >= 0.3 is 0 Å². The maximum Gasteiger partial charge on any atom is 0.241 e. The fourth-order valence-electron chi connectivity index (χ4n) is 1.71. The van der Waals surface area contributed by atoms with E-state index in [1.165, 1.54) is 11.1 Å². The molecular weight excluding hydrogens is 188 g/mol. The number of hydrogen-bond acceptors (Lipinski definition) is 1. The molecule has 0 saturated heterocycles. The van der Waals surface area contributed by atoms with E-state index in [1.807, 2.05) is 0 Å². The molecule has 0 aromatic heterocycles. The lowest BCUT2D eigenvalue weighted by molar-refractivity contribution is 0.418. The molecule has 0 spiro atoms. The van der Waals surface area contributed by atoms with Gasteiger partial charge in [0.15, 0.2) is 0 Å². The Hall–Kier alpha value is -1.02. The topological polar surface area (TPSA) is 9.23 Å². The Balaban J connectivity index is 2.16. The van der Waals surface area contributed by atoms with Crippen LogP contribution in [-0.4, -0.2) is 8.32 Å². The molecule has 1 aromatic rings. The second kappa shape index (κ2) is 3.28. The van der Waals surface area contributed by atoms with E-state index in [0.29, 0.717) is 0 Å². The van der Waals surface area contributed by atoms with Crippen molar-refractivity contribution in [3.63, 3.8) is 0 Å². The number of benzene rings is 1. The van der Waals surface area contributed by atoms with Gasteiger partial charge in [-0.05, 0) is 36.8 Å². The molecule has 0 atom stereocenters. The predicted octanol–water partition coefficient (Wildman–Crippen LogP) is 3.44. The van der Waals surface area contributed by atoms with Crippen LogP contribution in [0.4, 0.5) is 0 Å². The van der Waals surface area contributed by atoms with Crippen molar-refractivity contribution in [1.29, 1.82) is 0 Å². The van der Waals surface area contributed by atoms with Crippen LogP contribution in [0.3, 0.4) is 0 Å². The van der Waals surface area contributed by atoms with Crippen molar-refractivity contribution in [2.75, 3.05) is 0 Å². The van der Waals surface area contributed by atoms with Crippen LogP contribution < -0.4 is 0 Å². The molecule has 0 fully saturated rings. The molecule has 74 valence electrons. The second-order valence-electron chi connectivity index (χ2n) is 4.70. The van der Waals surface area contributed by atoms with Crippen molar-refractivity contribution in [2.45, 2.75) is 26.1 Å². The molecule has 0 bridgehead atoms. The van der Waals surface area contributed by atoms with E-state index in [0.717, 1.165) is 12.2 Å². The highest BCUT2D eigenvalue weighted by atomic mass is 28.4. The van der Waals surface area contributed by atoms with E-state index in [4.69, 9.17) is 4.43 Å². The first-order valence-corrected chi connectivity index (χ1v) is 8.43. The first-order valence-electron chi connectivity index (χ1n) is 5.02. The van der Waals surface area contributed by atoms with Gasteiger partial charge in [0.25, 0.3) is 0 Å². The van der Waals surface area contributed by atoms with Crippen LogP contribution >= 0.6 is 0 Å². The number of rotatable bonds is 2. The summed E-state index contributed by atoms with van der Waals surface area (Å²) in [7, 11) is -1.43. The SMILES string of the molecule is C[Si](C)(C)OC1=Cc2ccccc2C1. The maximum atomic E-state index is 5.98. The zero-order valence-electron chi connectivity index (χ0n) is 9.00. The fourth-order valence-corrected chi connectivity index (χ4v) is 2.62. The molecule has 0 saturated carbocycles. The van der Waals surface area contributed by atoms with Crippen molar-refractivity contribution in [3.8, 4) is 0 Å². The third-order valence-corrected chi connectivity index (χ3v) is 3.05. The molecule has 1 aliphatic rings. The molecule has 0 heterocycles. The van der Waals surface area contributed by atoms with Crippen molar-refractivity contribution < 1.29 is 4.43 Å². The molecule has 1 nitrogen and oxygen atoms in total. The summed E-state index contributed by atoms with van der Waals surface area (Å²) in [6, 6.07) is 8.49. The predicted molar refractivity (Wildman–Crippen MR) is 62.6 cm³/mol. The van der Waals surface area contributed by atoms with Crippen LogP contribution in [0.2, 0.25) is 19.6 Å². The van der Waals surface area contributed by atoms with E-state index in [-0.39, 0.29) is 0 Å². The molecule has 0 radical (unpaired) electrons. The van der Waals surface area contributed by atoms with Crippen LogP contribution in [0.25, 0.3) is 6.08 Å². The largest absolute Gasteiger partial charge is 0.547 e. The van der Waals surface area contributed by atoms with E-state index in [1.54, 1.807) is 0 Å². The maximum absolute atomic E-state index is 5.98.